The molecule has 1 nitrogen and oxygen atoms in total. The number of carbonyl (C=O) groups excluding carboxylic acids is 1. The predicted molar refractivity (Wildman–Crippen MR) is 44.6 cm³/mol. The summed E-state index contributed by atoms with van der Waals surface area (Å²) in [6.45, 7) is 4.48. The number of alkyl halides is 1. The second-order valence-electron chi connectivity index (χ2n) is 4.41. The van der Waals surface area contributed by atoms with E-state index in [1.165, 1.54) is 0 Å². The first-order valence-corrected chi connectivity index (χ1v) is 4.64. The van der Waals surface area contributed by atoms with Crippen molar-refractivity contribution in [3.63, 3.8) is 0 Å². The molecule has 2 heteroatoms. The summed E-state index contributed by atoms with van der Waals surface area (Å²) < 4.78 is 0. The zero-order valence-corrected chi connectivity index (χ0v) is 7.69. The van der Waals surface area contributed by atoms with Gasteiger partial charge in [0.15, 0.2) is 5.78 Å². The average molecular weight is 173 g/mol. The Morgan fingerprint density at radius 3 is 2.64 bits per heavy atom. The van der Waals surface area contributed by atoms with Gasteiger partial charge in [0.25, 0.3) is 0 Å². The van der Waals surface area contributed by atoms with Crippen molar-refractivity contribution >= 4 is 17.4 Å². The highest BCUT2D eigenvalue weighted by molar-refractivity contribution is 6.31. The molecule has 2 rings (SSSR count). The maximum absolute atomic E-state index is 11.2. The van der Waals surface area contributed by atoms with Crippen LogP contribution >= 0.6 is 11.6 Å². The molecule has 2 fully saturated rings. The van der Waals surface area contributed by atoms with Crippen molar-refractivity contribution < 1.29 is 4.79 Å². The molecule has 0 saturated heterocycles. The smallest absolute Gasteiger partial charge is 0.150 e. The van der Waals surface area contributed by atoms with E-state index in [0.29, 0.717) is 11.3 Å². The van der Waals surface area contributed by atoms with Crippen LogP contribution in [0.1, 0.15) is 26.7 Å². The highest BCUT2D eigenvalue weighted by Gasteiger charge is 2.60. The van der Waals surface area contributed by atoms with Gasteiger partial charge in [-0.15, -0.1) is 11.6 Å². The lowest BCUT2D eigenvalue weighted by molar-refractivity contribution is -0.120. The van der Waals surface area contributed by atoms with Crippen LogP contribution in [0.2, 0.25) is 0 Å². The van der Waals surface area contributed by atoms with Gasteiger partial charge in [-0.25, -0.2) is 0 Å². The van der Waals surface area contributed by atoms with Crippen molar-refractivity contribution in [2.45, 2.75) is 32.1 Å². The standard InChI is InChI=1S/C9H13ClO/c1-9(2)5-3-7(10)8(11)4-6(5)9/h5-7H,3-4H2,1-2H3/t5-,6+,7-/m1/s1. The van der Waals surface area contributed by atoms with Crippen molar-refractivity contribution in [2.75, 3.05) is 0 Å². The van der Waals surface area contributed by atoms with Gasteiger partial charge >= 0.3 is 0 Å². The lowest BCUT2D eigenvalue weighted by Gasteiger charge is -2.12. The summed E-state index contributed by atoms with van der Waals surface area (Å²) in [4.78, 5) is 11.2. The van der Waals surface area contributed by atoms with Gasteiger partial charge in [-0.05, 0) is 23.7 Å². The average Bonchev–Trinajstić information content (AvgIpc) is 2.39. The first-order chi connectivity index (χ1) is 5.03. The number of Topliss-reactive ketones (excluding diaryl/α,β-unsaturated/α-hetero) is 1. The predicted octanol–water partition coefficient (Wildman–Crippen LogP) is 2.23. The maximum Gasteiger partial charge on any atom is 0.150 e. The van der Waals surface area contributed by atoms with Gasteiger partial charge in [0.1, 0.15) is 0 Å². The third-order valence-corrected chi connectivity index (χ3v) is 3.94. The minimum absolute atomic E-state index is 0.182. The van der Waals surface area contributed by atoms with Crippen LogP contribution in [-0.2, 0) is 4.79 Å². The Bertz CT molecular complexity index is 210. The molecule has 0 spiro atoms. The number of halogens is 1. The fourth-order valence-electron chi connectivity index (χ4n) is 2.43. The Labute approximate surface area is 72.1 Å². The molecule has 0 aromatic rings. The largest absolute Gasteiger partial charge is 0.298 e. The summed E-state index contributed by atoms with van der Waals surface area (Å²) in [6, 6.07) is 0. The van der Waals surface area contributed by atoms with Crippen molar-refractivity contribution in [2.24, 2.45) is 17.3 Å². The van der Waals surface area contributed by atoms with Crippen molar-refractivity contribution in [3.8, 4) is 0 Å². The van der Waals surface area contributed by atoms with Gasteiger partial charge in [-0.3, -0.25) is 4.79 Å². The number of fused-ring (bicyclic) bond motifs is 1. The van der Waals surface area contributed by atoms with E-state index in [2.05, 4.69) is 13.8 Å². The van der Waals surface area contributed by atoms with Gasteiger partial charge in [0, 0.05) is 6.42 Å². The van der Waals surface area contributed by atoms with Crippen LogP contribution in [0.15, 0.2) is 0 Å². The molecular formula is C9H13ClO. The third kappa shape index (κ3) is 0.936. The van der Waals surface area contributed by atoms with E-state index in [9.17, 15) is 4.79 Å². The summed E-state index contributed by atoms with van der Waals surface area (Å²) >= 11 is 5.87. The van der Waals surface area contributed by atoms with Crippen LogP contribution in [0.5, 0.6) is 0 Å². The molecule has 0 aliphatic heterocycles. The topological polar surface area (TPSA) is 17.1 Å². The number of ketones is 1. The zero-order valence-electron chi connectivity index (χ0n) is 6.93. The van der Waals surface area contributed by atoms with Crippen LogP contribution in [0.4, 0.5) is 0 Å². The number of hydrogen-bond donors (Lipinski definition) is 0. The molecule has 3 atom stereocenters. The highest BCUT2D eigenvalue weighted by atomic mass is 35.5. The van der Waals surface area contributed by atoms with Crippen LogP contribution in [0, 0.1) is 17.3 Å². The molecule has 0 aromatic heterocycles. The number of rotatable bonds is 0. The van der Waals surface area contributed by atoms with Gasteiger partial charge in [-0.1, -0.05) is 13.8 Å². The fraction of sp³-hybridized carbons (Fsp3) is 0.889. The van der Waals surface area contributed by atoms with Crippen LogP contribution < -0.4 is 0 Å². The summed E-state index contributed by atoms with van der Waals surface area (Å²) in [7, 11) is 0. The minimum atomic E-state index is -0.182. The Kier molecular flexibility index (Phi) is 1.39. The molecule has 0 amide bonds. The summed E-state index contributed by atoms with van der Waals surface area (Å²) in [6.07, 6.45) is 1.64. The molecule has 2 aliphatic rings. The number of carbonyl (C=O) groups is 1. The number of hydrogen-bond acceptors (Lipinski definition) is 1. The first-order valence-electron chi connectivity index (χ1n) is 4.20. The normalized spacial score (nSPS) is 46.8. The monoisotopic (exact) mass is 172 g/mol. The fourth-order valence-corrected chi connectivity index (χ4v) is 2.71. The Morgan fingerprint density at radius 2 is 2.09 bits per heavy atom. The van der Waals surface area contributed by atoms with E-state index >= 15 is 0 Å². The third-order valence-electron chi connectivity index (χ3n) is 3.52. The van der Waals surface area contributed by atoms with Crippen LogP contribution in [0.3, 0.4) is 0 Å². The molecule has 0 aromatic carbocycles. The summed E-state index contributed by atoms with van der Waals surface area (Å²) in [5, 5.41) is -0.182. The molecular weight excluding hydrogens is 160 g/mol. The molecule has 2 aliphatic carbocycles. The van der Waals surface area contributed by atoms with Gasteiger partial charge in [0.05, 0.1) is 5.38 Å². The van der Waals surface area contributed by atoms with E-state index in [1.54, 1.807) is 0 Å². The molecule has 62 valence electrons. The van der Waals surface area contributed by atoms with E-state index in [-0.39, 0.29) is 11.2 Å². The second-order valence-corrected chi connectivity index (χ2v) is 4.93. The SMILES string of the molecule is CC1(C)[C@@H]2C[C@@H](Cl)C(=O)C[C@@H]21. The Hall–Kier alpha value is -0.0400. The highest BCUT2D eigenvalue weighted by Crippen LogP contribution is 2.64. The van der Waals surface area contributed by atoms with E-state index < -0.39 is 0 Å². The molecule has 0 heterocycles. The second kappa shape index (κ2) is 2.01. The van der Waals surface area contributed by atoms with Crippen molar-refractivity contribution in [3.05, 3.63) is 0 Å². The quantitative estimate of drug-likeness (QED) is 0.513. The van der Waals surface area contributed by atoms with Crippen LogP contribution in [-0.4, -0.2) is 11.2 Å². The van der Waals surface area contributed by atoms with Crippen LogP contribution in [0.25, 0.3) is 0 Å². The summed E-state index contributed by atoms with van der Waals surface area (Å²) in [5.74, 6) is 1.63. The van der Waals surface area contributed by atoms with E-state index in [4.69, 9.17) is 11.6 Å². The summed E-state index contributed by atoms with van der Waals surface area (Å²) in [5.41, 5.74) is 0.402. The van der Waals surface area contributed by atoms with Crippen molar-refractivity contribution in [1.29, 1.82) is 0 Å². The molecule has 0 bridgehead atoms. The molecule has 0 N–H and O–H groups in total. The molecule has 2 saturated carbocycles. The Morgan fingerprint density at radius 1 is 1.45 bits per heavy atom. The van der Waals surface area contributed by atoms with Gasteiger partial charge in [0.2, 0.25) is 0 Å². The molecule has 0 unspecified atom stereocenters. The van der Waals surface area contributed by atoms with Gasteiger partial charge in [-0.2, -0.15) is 0 Å². The zero-order chi connectivity index (χ0) is 8.22. The van der Waals surface area contributed by atoms with E-state index in [1.807, 2.05) is 0 Å². The molecule has 11 heavy (non-hydrogen) atoms. The molecule has 0 radical (unpaired) electrons. The van der Waals surface area contributed by atoms with Crippen molar-refractivity contribution in [1.82, 2.24) is 0 Å². The lowest BCUT2D eigenvalue weighted by Crippen LogP contribution is -2.20. The minimum Gasteiger partial charge on any atom is -0.298 e. The van der Waals surface area contributed by atoms with Gasteiger partial charge < -0.3 is 0 Å². The lowest BCUT2D eigenvalue weighted by atomic mass is 9.99. The first kappa shape index (κ1) is 7.60. The maximum atomic E-state index is 11.2. The van der Waals surface area contributed by atoms with E-state index in [0.717, 1.165) is 18.8 Å². The Balaban J connectivity index is 2.12.